The van der Waals surface area contributed by atoms with Gasteiger partial charge in [-0.2, -0.15) is 0 Å². The lowest BCUT2D eigenvalue weighted by molar-refractivity contribution is 0.456. The lowest BCUT2D eigenvalue weighted by Gasteiger charge is -2.15. The molecule has 0 saturated carbocycles. The van der Waals surface area contributed by atoms with Gasteiger partial charge in [0.05, 0.1) is 4.47 Å². The van der Waals surface area contributed by atoms with Crippen LogP contribution in [0.15, 0.2) is 247 Å². The number of ether oxygens (including phenoxy) is 4. The highest BCUT2D eigenvalue weighted by atomic mass is 79.9. The van der Waals surface area contributed by atoms with Crippen molar-refractivity contribution in [2.45, 2.75) is 7.43 Å². The first-order valence-electron chi connectivity index (χ1n) is 20.5. The summed E-state index contributed by atoms with van der Waals surface area (Å²) in [5.41, 5.74) is 2.15. The van der Waals surface area contributed by atoms with Gasteiger partial charge in [0.15, 0.2) is 0 Å². The average molecular weight is 917 g/mol. The van der Waals surface area contributed by atoms with E-state index in [0.29, 0.717) is 13.4 Å². The molecular weight excluding hydrogens is 871 g/mol. The number of hydrogen-bond acceptors (Lipinski definition) is 6. The average Bonchev–Trinajstić information content (AvgIpc) is 3.35. The Kier molecular flexibility index (Phi) is 16.1. The lowest BCUT2D eigenvalue weighted by Crippen LogP contribution is -1.99. The second-order valence-corrected chi connectivity index (χ2v) is 15.0. The van der Waals surface area contributed by atoms with E-state index in [1.165, 1.54) is 10.8 Å². The minimum absolute atomic E-state index is 0. The van der Waals surface area contributed by atoms with Crippen molar-refractivity contribution in [2.24, 2.45) is 0 Å². The first-order valence-corrected chi connectivity index (χ1v) is 21.3. The summed E-state index contributed by atoms with van der Waals surface area (Å²) in [6.45, 7) is 0. The Morgan fingerprint density at radius 1 is 0.323 bits per heavy atom. The fraction of sp³-hybridized carbons (Fsp3) is 0.0175. The normalized spacial score (nSPS) is 10.2. The summed E-state index contributed by atoms with van der Waals surface area (Å²) in [4.78, 5) is 0. The van der Waals surface area contributed by atoms with Gasteiger partial charge in [-0.15, -0.1) is 0 Å². The maximum Gasteiger partial charge on any atom is 0.569 e. The van der Waals surface area contributed by atoms with Gasteiger partial charge in [0, 0.05) is 23.1 Å². The molecule has 6 nitrogen and oxygen atoms in total. The zero-order valence-electron chi connectivity index (χ0n) is 34.5. The molecule has 0 heterocycles. The zero-order valence-corrected chi connectivity index (χ0v) is 36.1. The fourth-order valence-electron chi connectivity index (χ4n) is 6.79. The van der Waals surface area contributed by atoms with Gasteiger partial charge in [0.1, 0.15) is 51.7 Å². The monoisotopic (exact) mass is 915 g/mol. The van der Waals surface area contributed by atoms with E-state index < -0.39 is 0 Å². The van der Waals surface area contributed by atoms with Crippen molar-refractivity contribution in [1.82, 2.24) is 0 Å². The Balaban J connectivity index is 0.000000157. The predicted molar refractivity (Wildman–Crippen MR) is 269 cm³/mol. The van der Waals surface area contributed by atoms with Gasteiger partial charge in [-0.25, -0.2) is 0 Å². The second kappa shape index (κ2) is 23.1. The van der Waals surface area contributed by atoms with Crippen LogP contribution in [0.4, 0.5) is 0 Å². The van der Waals surface area contributed by atoms with Gasteiger partial charge in [0.2, 0.25) is 0 Å². The fourth-order valence-corrected chi connectivity index (χ4v) is 7.12. The van der Waals surface area contributed by atoms with E-state index in [0.717, 1.165) is 72.4 Å². The largest absolute Gasteiger partial charge is 0.569 e. The molecule has 65 heavy (non-hydrogen) atoms. The molecule has 1 N–H and O–H groups in total. The Hall–Kier alpha value is -7.78. The van der Waals surface area contributed by atoms with Gasteiger partial charge in [0.25, 0.3) is 0 Å². The Labute approximate surface area is 389 Å². The molecule has 0 amide bonds. The SMILES string of the molecule is Brc1ccc(Oc2ccccc2)cc1Oc1ccccc1.C.O[B]Oc1cccc2ccccc12.c1ccc(Oc2ccc(-c3cccc4ccccc34)c(Oc3ccccc3)c2)cc1. The topological polar surface area (TPSA) is 66.4 Å². The number of rotatable bonds is 11. The van der Waals surface area contributed by atoms with Crippen molar-refractivity contribution in [3.05, 3.63) is 247 Å². The van der Waals surface area contributed by atoms with E-state index in [9.17, 15) is 0 Å². The first kappa shape index (κ1) is 45.3. The maximum absolute atomic E-state index is 8.53. The summed E-state index contributed by atoms with van der Waals surface area (Å²) in [7, 11) is 0.696. The van der Waals surface area contributed by atoms with Gasteiger partial charge in [-0.1, -0.05) is 159 Å². The van der Waals surface area contributed by atoms with Crippen molar-refractivity contribution in [3.8, 4) is 62.9 Å². The number of halogens is 1. The van der Waals surface area contributed by atoms with E-state index in [2.05, 4.69) is 64.5 Å². The second-order valence-electron chi connectivity index (χ2n) is 14.1. The third-order valence-electron chi connectivity index (χ3n) is 9.76. The van der Waals surface area contributed by atoms with Crippen LogP contribution >= 0.6 is 15.9 Å². The predicted octanol–water partition coefficient (Wildman–Crippen LogP) is 16.5. The molecule has 0 aromatic heterocycles. The molecule has 1 radical (unpaired) electrons. The Morgan fingerprint density at radius 3 is 1.29 bits per heavy atom. The molecule has 10 rings (SSSR count). The van der Waals surface area contributed by atoms with Crippen molar-refractivity contribution in [2.75, 3.05) is 0 Å². The highest BCUT2D eigenvalue weighted by Crippen LogP contribution is 2.40. The number of benzene rings is 10. The van der Waals surface area contributed by atoms with E-state index >= 15 is 0 Å². The third-order valence-corrected chi connectivity index (χ3v) is 10.4. The smallest absolute Gasteiger partial charge is 0.537 e. The molecule has 319 valence electrons. The molecule has 0 saturated heterocycles. The minimum atomic E-state index is 0. The summed E-state index contributed by atoms with van der Waals surface area (Å²) in [6, 6.07) is 78.9. The number of hydrogen-bond donors (Lipinski definition) is 1. The summed E-state index contributed by atoms with van der Waals surface area (Å²) in [5.74, 6) is 6.77. The van der Waals surface area contributed by atoms with Crippen LogP contribution in [0.2, 0.25) is 0 Å². The van der Waals surface area contributed by atoms with Crippen molar-refractivity contribution >= 4 is 45.2 Å². The number of para-hydroxylation sites is 4. The molecule has 0 aliphatic heterocycles. The maximum atomic E-state index is 8.53. The standard InChI is InChI=1S/C28H20O2.C18H13BrO2.C10H8BO2.CH4/c1-3-12-22(13-4-1)29-24-18-19-27(28(20-24)30-23-14-5-2-6-15-23)26-17-9-11-21-10-7-8-16-25(21)26;19-17-12-11-16(20-14-7-3-1-4-8-14)13-18(17)21-15-9-5-2-6-10-15;12-11-13-10-7-3-5-8-4-1-2-6-9(8)10;/h1-20H;1-13H;1-7,12H;1H4. The first-order chi connectivity index (χ1) is 31.6. The van der Waals surface area contributed by atoms with Gasteiger partial charge in [-0.3, -0.25) is 0 Å². The molecule has 0 fully saturated rings. The summed E-state index contributed by atoms with van der Waals surface area (Å²) in [6.07, 6.45) is 0. The molecule has 10 aromatic rings. The molecule has 0 bridgehead atoms. The van der Waals surface area contributed by atoms with Crippen LogP contribution in [0.5, 0.6) is 51.7 Å². The molecule has 0 unspecified atom stereocenters. The van der Waals surface area contributed by atoms with Crippen LogP contribution < -0.4 is 23.6 Å². The highest BCUT2D eigenvalue weighted by molar-refractivity contribution is 9.10. The van der Waals surface area contributed by atoms with Gasteiger partial charge in [-0.05, 0) is 117 Å². The van der Waals surface area contributed by atoms with Crippen LogP contribution in [0.1, 0.15) is 7.43 Å². The molecule has 10 aromatic carbocycles. The lowest BCUT2D eigenvalue weighted by atomic mass is 9.97. The van der Waals surface area contributed by atoms with Crippen LogP contribution in [-0.4, -0.2) is 12.7 Å². The van der Waals surface area contributed by atoms with E-state index in [1.807, 2.05) is 194 Å². The van der Waals surface area contributed by atoms with E-state index in [1.54, 1.807) is 0 Å². The van der Waals surface area contributed by atoms with Crippen LogP contribution in [-0.2, 0) is 0 Å². The minimum Gasteiger partial charge on any atom is -0.537 e. The summed E-state index contributed by atoms with van der Waals surface area (Å²) < 4.78 is 29.9. The highest BCUT2D eigenvalue weighted by Gasteiger charge is 2.13. The third kappa shape index (κ3) is 12.5. The zero-order chi connectivity index (χ0) is 43.8. The van der Waals surface area contributed by atoms with E-state index in [4.69, 9.17) is 28.6 Å². The summed E-state index contributed by atoms with van der Waals surface area (Å²) in [5, 5.41) is 13.0. The molecule has 0 aliphatic carbocycles. The van der Waals surface area contributed by atoms with Crippen molar-refractivity contribution in [3.63, 3.8) is 0 Å². The van der Waals surface area contributed by atoms with Crippen LogP contribution in [0.3, 0.4) is 0 Å². The van der Waals surface area contributed by atoms with Gasteiger partial charge < -0.3 is 28.6 Å². The Morgan fingerprint density at radius 2 is 0.738 bits per heavy atom. The molecule has 0 spiro atoms. The summed E-state index contributed by atoms with van der Waals surface area (Å²) >= 11 is 3.49. The van der Waals surface area contributed by atoms with Crippen LogP contribution in [0.25, 0.3) is 32.7 Å². The quantitative estimate of drug-likeness (QED) is 0.130. The molecular formula is C57H45BBrO6. The van der Waals surface area contributed by atoms with Crippen molar-refractivity contribution in [1.29, 1.82) is 0 Å². The van der Waals surface area contributed by atoms with Crippen LogP contribution in [0, 0.1) is 0 Å². The van der Waals surface area contributed by atoms with E-state index in [-0.39, 0.29) is 7.43 Å². The molecule has 0 atom stereocenters. The van der Waals surface area contributed by atoms with Gasteiger partial charge >= 0.3 is 7.69 Å². The molecule has 8 heteroatoms. The Bertz CT molecular complexity index is 3020. The molecule has 0 aliphatic rings. The van der Waals surface area contributed by atoms with Crippen molar-refractivity contribution < 1.29 is 28.6 Å². The number of fused-ring (bicyclic) bond motifs is 2.